The summed E-state index contributed by atoms with van der Waals surface area (Å²) in [5, 5.41) is 3.89. The molecule has 0 radical (unpaired) electrons. The Morgan fingerprint density at radius 3 is 2.17 bits per heavy atom. The van der Waals surface area contributed by atoms with E-state index < -0.39 is 0 Å². The normalized spacial score (nSPS) is 30.0. The molecule has 2 atom stereocenters. The van der Waals surface area contributed by atoms with Crippen molar-refractivity contribution in [3.63, 3.8) is 0 Å². The zero-order valence-electron chi connectivity index (χ0n) is 8.06. The van der Waals surface area contributed by atoms with Gasteiger partial charge in [0.05, 0.1) is 0 Å². The predicted molar refractivity (Wildman–Crippen MR) is 57.4 cm³/mol. The van der Waals surface area contributed by atoms with Crippen molar-refractivity contribution in [1.29, 1.82) is 0 Å². The molecule has 1 aliphatic rings. The molecule has 1 nitrogen and oxygen atoms in total. The van der Waals surface area contributed by atoms with Crippen LogP contribution in [-0.4, -0.2) is 17.0 Å². The van der Waals surface area contributed by atoms with E-state index in [2.05, 4.69) is 26.1 Å². The minimum atomic E-state index is 0. The SMILES string of the molecule is CC(C)(C)NC1CCCC1Cl.Cl. The fourth-order valence-corrected chi connectivity index (χ4v) is 1.98. The quantitative estimate of drug-likeness (QED) is 0.659. The van der Waals surface area contributed by atoms with Crippen LogP contribution in [0.4, 0.5) is 0 Å². The van der Waals surface area contributed by atoms with Crippen LogP contribution in [0.5, 0.6) is 0 Å². The Morgan fingerprint density at radius 1 is 1.25 bits per heavy atom. The molecule has 0 saturated heterocycles. The smallest absolute Gasteiger partial charge is 0.0489 e. The molecule has 1 saturated carbocycles. The van der Waals surface area contributed by atoms with Crippen LogP contribution in [0.25, 0.3) is 0 Å². The average Bonchev–Trinajstić information content (AvgIpc) is 2.12. The van der Waals surface area contributed by atoms with Gasteiger partial charge in [-0.25, -0.2) is 0 Å². The van der Waals surface area contributed by atoms with E-state index in [-0.39, 0.29) is 17.9 Å². The van der Waals surface area contributed by atoms with Gasteiger partial charge in [0.2, 0.25) is 0 Å². The molecule has 0 aliphatic heterocycles. The summed E-state index contributed by atoms with van der Waals surface area (Å²) < 4.78 is 0. The first-order valence-electron chi connectivity index (χ1n) is 4.41. The molecule has 1 rings (SSSR count). The molecular weight excluding hydrogens is 193 g/mol. The highest BCUT2D eigenvalue weighted by molar-refractivity contribution is 6.21. The fourth-order valence-electron chi connectivity index (χ4n) is 1.63. The number of nitrogens with one attached hydrogen (secondary N) is 1. The topological polar surface area (TPSA) is 12.0 Å². The highest BCUT2D eigenvalue weighted by Crippen LogP contribution is 2.25. The van der Waals surface area contributed by atoms with Crippen LogP contribution >= 0.6 is 24.0 Å². The van der Waals surface area contributed by atoms with Gasteiger partial charge in [0.25, 0.3) is 0 Å². The van der Waals surface area contributed by atoms with Crippen molar-refractivity contribution in [3.8, 4) is 0 Å². The van der Waals surface area contributed by atoms with Gasteiger partial charge in [0.1, 0.15) is 0 Å². The maximum absolute atomic E-state index is 6.12. The zero-order chi connectivity index (χ0) is 8.48. The monoisotopic (exact) mass is 211 g/mol. The van der Waals surface area contributed by atoms with Crippen molar-refractivity contribution in [3.05, 3.63) is 0 Å². The first-order valence-corrected chi connectivity index (χ1v) is 4.84. The summed E-state index contributed by atoms with van der Waals surface area (Å²) >= 11 is 6.12. The number of halogens is 2. The third-order valence-corrected chi connectivity index (χ3v) is 2.57. The van der Waals surface area contributed by atoms with Crippen LogP contribution in [-0.2, 0) is 0 Å². The van der Waals surface area contributed by atoms with Gasteiger partial charge >= 0.3 is 0 Å². The molecule has 0 aromatic heterocycles. The van der Waals surface area contributed by atoms with Crippen LogP contribution in [0.15, 0.2) is 0 Å². The maximum Gasteiger partial charge on any atom is 0.0489 e. The zero-order valence-corrected chi connectivity index (χ0v) is 9.63. The molecule has 1 aliphatic carbocycles. The van der Waals surface area contributed by atoms with E-state index in [9.17, 15) is 0 Å². The van der Waals surface area contributed by atoms with Crippen LogP contribution < -0.4 is 5.32 Å². The summed E-state index contributed by atoms with van der Waals surface area (Å²) in [6.45, 7) is 6.57. The largest absolute Gasteiger partial charge is 0.308 e. The Kier molecular flexibility index (Phi) is 4.90. The van der Waals surface area contributed by atoms with Crippen molar-refractivity contribution in [2.75, 3.05) is 0 Å². The van der Waals surface area contributed by atoms with E-state index >= 15 is 0 Å². The molecule has 0 bridgehead atoms. The highest BCUT2D eigenvalue weighted by Gasteiger charge is 2.27. The van der Waals surface area contributed by atoms with Crippen molar-refractivity contribution < 1.29 is 0 Å². The van der Waals surface area contributed by atoms with Gasteiger partial charge in [0.15, 0.2) is 0 Å². The van der Waals surface area contributed by atoms with Gasteiger partial charge in [-0.1, -0.05) is 6.42 Å². The van der Waals surface area contributed by atoms with Crippen LogP contribution in [0, 0.1) is 0 Å². The van der Waals surface area contributed by atoms with E-state index in [0.717, 1.165) is 0 Å². The van der Waals surface area contributed by atoms with Crippen molar-refractivity contribution in [1.82, 2.24) is 5.32 Å². The lowest BCUT2D eigenvalue weighted by Gasteiger charge is -2.27. The van der Waals surface area contributed by atoms with E-state index in [1.807, 2.05) is 0 Å². The van der Waals surface area contributed by atoms with Crippen molar-refractivity contribution in [2.24, 2.45) is 0 Å². The molecule has 0 aromatic rings. The molecule has 1 fully saturated rings. The molecule has 74 valence electrons. The Labute approximate surface area is 86.7 Å². The minimum absolute atomic E-state index is 0. The number of alkyl halides is 1. The molecule has 12 heavy (non-hydrogen) atoms. The summed E-state index contributed by atoms with van der Waals surface area (Å²) in [6.07, 6.45) is 3.70. The Balaban J connectivity index is 0.00000121. The van der Waals surface area contributed by atoms with E-state index in [4.69, 9.17) is 11.6 Å². The maximum atomic E-state index is 6.12. The lowest BCUT2D eigenvalue weighted by Crippen LogP contribution is -2.45. The lowest BCUT2D eigenvalue weighted by atomic mass is 10.1. The first-order chi connectivity index (χ1) is 4.99. The van der Waals surface area contributed by atoms with E-state index in [0.29, 0.717) is 11.4 Å². The molecule has 0 aromatic carbocycles. The molecule has 0 spiro atoms. The van der Waals surface area contributed by atoms with E-state index in [1.54, 1.807) is 0 Å². The van der Waals surface area contributed by atoms with Crippen molar-refractivity contribution in [2.45, 2.75) is 57.0 Å². The van der Waals surface area contributed by atoms with Gasteiger partial charge in [-0.15, -0.1) is 24.0 Å². The second-order valence-electron chi connectivity index (χ2n) is 4.45. The second-order valence-corrected chi connectivity index (χ2v) is 5.01. The van der Waals surface area contributed by atoms with Gasteiger partial charge in [-0.05, 0) is 33.6 Å². The van der Waals surface area contributed by atoms with Crippen LogP contribution in [0.3, 0.4) is 0 Å². The summed E-state index contributed by atoms with van der Waals surface area (Å²) in [5.74, 6) is 0. The van der Waals surface area contributed by atoms with Crippen LogP contribution in [0.2, 0.25) is 0 Å². The molecule has 0 heterocycles. The Bertz CT molecular complexity index is 131. The van der Waals surface area contributed by atoms with Gasteiger partial charge in [-0.3, -0.25) is 0 Å². The van der Waals surface area contributed by atoms with Gasteiger partial charge in [-0.2, -0.15) is 0 Å². The second kappa shape index (κ2) is 4.69. The molecule has 3 heteroatoms. The Hall–Kier alpha value is 0.540. The summed E-state index contributed by atoms with van der Waals surface area (Å²) in [4.78, 5) is 0. The third-order valence-electron chi connectivity index (χ3n) is 2.05. The highest BCUT2D eigenvalue weighted by atomic mass is 35.5. The lowest BCUT2D eigenvalue weighted by molar-refractivity contribution is 0.363. The molecular formula is C9H19Cl2N. The van der Waals surface area contributed by atoms with E-state index in [1.165, 1.54) is 19.3 Å². The number of hydrogen-bond donors (Lipinski definition) is 1. The summed E-state index contributed by atoms with van der Waals surface area (Å²) in [5.41, 5.74) is 0.210. The fraction of sp³-hybridized carbons (Fsp3) is 1.00. The summed E-state index contributed by atoms with van der Waals surface area (Å²) in [6, 6.07) is 0.539. The van der Waals surface area contributed by atoms with Gasteiger partial charge < -0.3 is 5.32 Å². The minimum Gasteiger partial charge on any atom is -0.308 e. The molecule has 0 amide bonds. The Morgan fingerprint density at radius 2 is 1.83 bits per heavy atom. The molecule has 1 N–H and O–H groups in total. The third kappa shape index (κ3) is 3.97. The molecule has 2 unspecified atom stereocenters. The number of rotatable bonds is 1. The summed E-state index contributed by atoms with van der Waals surface area (Å²) in [7, 11) is 0. The predicted octanol–water partition coefficient (Wildman–Crippen LogP) is 2.96. The average molecular weight is 212 g/mol. The standard InChI is InChI=1S/C9H18ClN.ClH/c1-9(2,3)11-8-6-4-5-7(8)10;/h7-8,11H,4-6H2,1-3H3;1H. The first kappa shape index (κ1) is 12.5. The van der Waals surface area contributed by atoms with Crippen molar-refractivity contribution >= 4 is 24.0 Å². The van der Waals surface area contributed by atoms with Gasteiger partial charge in [0, 0.05) is 17.0 Å². The number of hydrogen-bond acceptors (Lipinski definition) is 1. The van der Waals surface area contributed by atoms with Crippen LogP contribution in [0.1, 0.15) is 40.0 Å².